The molecule has 1 aromatic rings. The summed E-state index contributed by atoms with van der Waals surface area (Å²) in [6.07, 6.45) is 9.65. The molecule has 2 aliphatic heterocycles. The number of rotatable bonds is 13. The van der Waals surface area contributed by atoms with E-state index in [-0.39, 0.29) is 24.7 Å². The fraction of sp³-hybridized carbons (Fsp3) is 0.567. The zero-order valence-corrected chi connectivity index (χ0v) is 22.1. The topological polar surface area (TPSA) is 71.0 Å². The van der Waals surface area contributed by atoms with E-state index in [0.29, 0.717) is 57.7 Å². The third-order valence-electron chi connectivity index (χ3n) is 7.34. The molecule has 38 heavy (non-hydrogen) atoms. The number of alkyl halides is 2. The lowest BCUT2D eigenvalue weighted by molar-refractivity contribution is -0.115. The zero-order chi connectivity index (χ0) is 27.0. The molecular formula is C30H40F2N2O4. The standard InChI is InChI=1S/C30H40F2N2O4/c1-22(5-3-2-4-6-27(36)24-8-10-26(35)11-9-24)33-25(21-34-15-13-30(31,32)14-16-34)19-23-7-12-28-29(20-23)38-18-17-37-28/h7-10,12,20,25-26,33,35H,1-6,11,13-19,21H2. The minimum atomic E-state index is -2.56. The monoisotopic (exact) mass is 530 g/mol. The maximum atomic E-state index is 13.7. The summed E-state index contributed by atoms with van der Waals surface area (Å²) in [5.74, 6) is -0.949. The number of piperidine rings is 1. The van der Waals surface area contributed by atoms with Crippen molar-refractivity contribution >= 4 is 5.78 Å². The fourth-order valence-electron chi connectivity index (χ4n) is 5.16. The second-order valence-corrected chi connectivity index (χ2v) is 10.6. The number of aliphatic hydroxyl groups excluding tert-OH is 1. The number of fused-ring (bicyclic) bond motifs is 1. The quantitative estimate of drug-likeness (QED) is 0.351. The van der Waals surface area contributed by atoms with Gasteiger partial charge in [-0.25, -0.2) is 8.78 Å². The van der Waals surface area contributed by atoms with Crippen LogP contribution in [0.4, 0.5) is 8.78 Å². The summed E-state index contributed by atoms with van der Waals surface area (Å²) in [6, 6.07) is 5.99. The van der Waals surface area contributed by atoms with E-state index in [0.717, 1.165) is 48.4 Å². The van der Waals surface area contributed by atoms with Crippen molar-refractivity contribution in [1.82, 2.24) is 10.2 Å². The number of halogens is 2. The molecule has 2 heterocycles. The van der Waals surface area contributed by atoms with Gasteiger partial charge in [0.15, 0.2) is 17.3 Å². The molecule has 2 N–H and O–H groups in total. The average molecular weight is 531 g/mol. The van der Waals surface area contributed by atoms with Crippen LogP contribution in [0.25, 0.3) is 0 Å². The molecule has 0 radical (unpaired) electrons. The Labute approximate surface area is 224 Å². The summed E-state index contributed by atoms with van der Waals surface area (Å²) < 4.78 is 38.7. The van der Waals surface area contributed by atoms with Gasteiger partial charge in [-0.05, 0) is 49.8 Å². The zero-order valence-electron chi connectivity index (χ0n) is 22.1. The van der Waals surface area contributed by atoms with E-state index in [9.17, 15) is 18.7 Å². The minimum absolute atomic E-state index is 0.0266. The second kappa shape index (κ2) is 13.4. The van der Waals surface area contributed by atoms with Crippen molar-refractivity contribution in [2.75, 3.05) is 32.8 Å². The molecule has 8 heteroatoms. The van der Waals surface area contributed by atoms with Gasteiger partial charge >= 0.3 is 0 Å². The van der Waals surface area contributed by atoms with E-state index < -0.39 is 12.0 Å². The highest BCUT2D eigenvalue weighted by Crippen LogP contribution is 2.32. The molecule has 6 nitrogen and oxygen atoms in total. The number of benzene rings is 1. The largest absolute Gasteiger partial charge is 0.486 e. The number of nitrogens with one attached hydrogen (secondary N) is 1. The smallest absolute Gasteiger partial charge is 0.250 e. The van der Waals surface area contributed by atoms with Gasteiger partial charge in [-0.1, -0.05) is 37.3 Å². The number of likely N-dealkylation sites (tertiary alicyclic amines) is 1. The Hall–Kier alpha value is -2.71. The lowest BCUT2D eigenvalue weighted by Gasteiger charge is -2.35. The Kier molecular flexibility index (Phi) is 9.97. The van der Waals surface area contributed by atoms with Gasteiger partial charge in [0.05, 0.1) is 6.10 Å². The van der Waals surface area contributed by atoms with Crippen LogP contribution in [-0.2, 0) is 11.2 Å². The second-order valence-electron chi connectivity index (χ2n) is 10.6. The van der Waals surface area contributed by atoms with Crippen molar-refractivity contribution in [1.29, 1.82) is 0 Å². The number of aliphatic hydroxyl groups is 1. The molecule has 208 valence electrons. The number of ketones is 1. The first-order valence-corrected chi connectivity index (χ1v) is 13.8. The maximum absolute atomic E-state index is 13.7. The lowest BCUT2D eigenvalue weighted by atomic mass is 9.98. The number of carbonyl (C=O) groups is 1. The summed E-state index contributed by atoms with van der Waals surface area (Å²) in [5.41, 5.74) is 2.71. The third-order valence-corrected chi connectivity index (χ3v) is 7.34. The predicted octanol–water partition coefficient (Wildman–Crippen LogP) is 4.97. The van der Waals surface area contributed by atoms with Gasteiger partial charge in [-0.3, -0.25) is 4.79 Å². The van der Waals surface area contributed by atoms with Crippen LogP contribution in [0.3, 0.4) is 0 Å². The van der Waals surface area contributed by atoms with Gasteiger partial charge < -0.3 is 24.8 Å². The van der Waals surface area contributed by atoms with Gasteiger partial charge in [-0.2, -0.15) is 0 Å². The Morgan fingerprint density at radius 3 is 2.61 bits per heavy atom. The average Bonchev–Trinajstić information content (AvgIpc) is 2.90. The van der Waals surface area contributed by atoms with Crippen LogP contribution in [0.15, 0.2) is 54.3 Å². The highest BCUT2D eigenvalue weighted by molar-refractivity contribution is 5.98. The molecule has 0 amide bonds. The summed E-state index contributed by atoms with van der Waals surface area (Å²) >= 11 is 0. The summed E-state index contributed by atoms with van der Waals surface area (Å²) in [6.45, 7) is 6.74. The van der Waals surface area contributed by atoms with Gasteiger partial charge in [-0.15, -0.1) is 0 Å². The van der Waals surface area contributed by atoms with E-state index in [4.69, 9.17) is 9.47 Å². The highest BCUT2D eigenvalue weighted by Gasteiger charge is 2.34. The number of unbranched alkanes of at least 4 members (excludes halogenated alkanes) is 2. The first kappa shape index (κ1) is 28.3. The third kappa shape index (κ3) is 8.67. The van der Waals surface area contributed by atoms with Crippen LogP contribution >= 0.6 is 0 Å². The van der Waals surface area contributed by atoms with Crippen molar-refractivity contribution in [2.45, 2.75) is 75.9 Å². The normalized spacial score (nSPS) is 21.4. The molecule has 0 saturated carbocycles. The molecule has 0 bridgehead atoms. The molecule has 1 aromatic carbocycles. The van der Waals surface area contributed by atoms with E-state index in [1.165, 1.54) is 0 Å². The van der Waals surface area contributed by atoms with Crippen molar-refractivity contribution < 1.29 is 28.2 Å². The predicted molar refractivity (Wildman–Crippen MR) is 144 cm³/mol. The van der Waals surface area contributed by atoms with E-state index in [2.05, 4.69) is 16.8 Å². The van der Waals surface area contributed by atoms with Gasteiger partial charge in [0.2, 0.25) is 0 Å². The number of nitrogens with zero attached hydrogens (tertiary/aromatic N) is 1. The number of Topliss-reactive ketones (excluding diaryl/α,β-unsaturated/α-hetero) is 1. The van der Waals surface area contributed by atoms with Gasteiger partial charge in [0.25, 0.3) is 5.92 Å². The van der Waals surface area contributed by atoms with E-state index in [1.54, 1.807) is 12.2 Å². The van der Waals surface area contributed by atoms with Crippen LogP contribution in [0.5, 0.6) is 11.5 Å². The Morgan fingerprint density at radius 1 is 1.13 bits per heavy atom. The first-order chi connectivity index (χ1) is 18.3. The number of carbonyl (C=O) groups excluding carboxylic acids is 1. The van der Waals surface area contributed by atoms with E-state index in [1.807, 2.05) is 24.3 Å². The van der Waals surface area contributed by atoms with Crippen LogP contribution in [-0.4, -0.2) is 66.7 Å². The maximum Gasteiger partial charge on any atom is 0.250 e. The van der Waals surface area contributed by atoms with Crippen LogP contribution in [0.1, 0.15) is 56.9 Å². The SMILES string of the molecule is C=C(CCCCCC(=O)C1=CCC(O)C=C1)NC(Cc1ccc2c(c1)OCCO2)CN1CCC(F)(F)CC1. The van der Waals surface area contributed by atoms with Crippen LogP contribution in [0.2, 0.25) is 0 Å². The first-order valence-electron chi connectivity index (χ1n) is 13.8. The van der Waals surface area contributed by atoms with Crippen molar-refractivity contribution in [3.8, 4) is 11.5 Å². The fourth-order valence-corrected chi connectivity index (χ4v) is 5.16. The molecule has 3 aliphatic rings. The Bertz CT molecular complexity index is 1030. The molecule has 2 atom stereocenters. The molecule has 0 aromatic heterocycles. The van der Waals surface area contributed by atoms with Gasteiger partial charge in [0, 0.05) is 56.2 Å². The minimum Gasteiger partial charge on any atom is -0.486 e. The molecule has 0 spiro atoms. The molecule has 1 fully saturated rings. The number of allylic oxidation sites excluding steroid dienone is 3. The van der Waals surface area contributed by atoms with Crippen molar-refractivity contribution in [3.63, 3.8) is 0 Å². The summed E-state index contributed by atoms with van der Waals surface area (Å²) in [7, 11) is 0. The summed E-state index contributed by atoms with van der Waals surface area (Å²) in [4.78, 5) is 14.5. The molecule has 2 unspecified atom stereocenters. The number of ether oxygens (including phenoxy) is 2. The van der Waals surface area contributed by atoms with Crippen LogP contribution in [0, 0.1) is 0 Å². The highest BCUT2D eigenvalue weighted by atomic mass is 19.3. The molecule has 1 saturated heterocycles. The number of hydrogen-bond donors (Lipinski definition) is 2. The van der Waals surface area contributed by atoms with Crippen molar-refractivity contribution in [3.05, 3.63) is 59.8 Å². The number of hydrogen-bond acceptors (Lipinski definition) is 6. The van der Waals surface area contributed by atoms with Crippen LogP contribution < -0.4 is 14.8 Å². The Balaban J connectivity index is 1.25. The molecular weight excluding hydrogens is 490 g/mol. The Morgan fingerprint density at radius 2 is 1.87 bits per heavy atom. The van der Waals surface area contributed by atoms with Crippen molar-refractivity contribution in [2.24, 2.45) is 0 Å². The molecule has 1 aliphatic carbocycles. The summed E-state index contributed by atoms with van der Waals surface area (Å²) in [5, 5.41) is 13.1. The molecule has 4 rings (SSSR count). The lowest BCUT2D eigenvalue weighted by Crippen LogP contribution is -2.47. The van der Waals surface area contributed by atoms with E-state index >= 15 is 0 Å². The van der Waals surface area contributed by atoms with Gasteiger partial charge in [0.1, 0.15) is 13.2 Å².